The maximum atomic E-state index is 12.4. The highest BCUT2D eigenvalue weighted by Crippen LogP contribution is 2.52. The summed E-state index contributed by atoms with van der Waals surface area (Å²) in [6.07, 6.45) is 4.48. The van der Waals surface area contributed by atoms with E-state index in [4.69, 9.17) is 61.6 Å². The number of rotatable bonds is 3. The zero-order valence-electron chi connectivity index (χ0n) is 46.7. The van der Waals surface area contributed by atoms with Gasteiger partial charge in [0.1, 0.15) is 54.4 Å². The van der Waals surface area contributed by atoms with Gasteiger partial charge in [-0.1, -0.05) is 76.3 Å². The van der Waals surface area contributed by atoms with Crippen LogP contribution in [0.3, 0.4) is 0 Å². The Bertz CT molecular complexity index is 2290. The number of hydrogen-bond donors (Lipinski definition) is 7. The largest absolute Gasteiger partial charge is 0.393 e. The summed E-state index contributed by atoms with van der Waals surface area (Å²) in [6.45, 7) is 10.2. The first-order valence-corrected chi connectivity index (χ1v) is 30.4. The van der Waals surface area contributed by atoms with Crippen molar-refractivity contribution in [1.29, 1.82) is 0 Å². The number of aliphatic hydroxyl groups is 7. The van der Waals surface area contributed by atoms with Gasteiger partial charge in [0, 0.05) is 56.8 Å². The first-order valence-electron chi connectivity index (χ1n) is 30.4. The van der Waals surface area contributed by atoms with Gasteiger partial charge in [-0.3, -0.25) is 0 Å². The minimum Gasteiger partial charge on any atom is -0.393 e. The molecule has 34 unspecified atom stereocenters. The number of fused-ring (bicyclic) bond motifs is 11. The maximum Gasteiger partial charge on any atom is 0.174 e. The molecule has 448 valence electrons. The van der Waals surface area contributed by atoms with Crippen LogP contribution in [0.4, 0.5) is 0 Å². The molecule has 10 fully saturated rings. The number of hydrogen-bond acceptors (Lipinski definition) is 20. The lowest BCUT2D eigenvalue weighted by molar-refractivity contribution is -0.339. The Hall–Kier alpha value is -1.84. The summed E-state index contributed by atoms with van der Waals surface area (Å²) in [5.41, 5.74) is -1.05. The first-order chi connectivity index (χ1) is 38.4. The molecule has 13 heterocycles. The van der Waals surface area contributed by atoms with E-state index in [1.54, 1.807) is 6.08 Å². The average Bonchev–Trinajstić information content (AvgIpc) is 3.51. The molecule has 13 rings (SSSR count). The van der Waals surface area contributed by atoms with E-state index in [-0.39, 0.29) is 86.2 Å². The van der Waals surface area contributed by atoms with E-state index in [9.17, 15) is 35.7 Å². The lowest BCUT2D eigenvalue weighted by Crippen LogP contribution is -2.64. The average molecular weight is 1130 g/mol. The fraction of sp³-hybridized carbons (Fsp3) is 0.867. The van der Waals surface area contributed by atoms with Crippen LogP contribution < -0.4 is 0 Å². The fourth-order valence-electron chi connectivity index (χ4n) is 16.2. The molecule has 0 bridgehead atoms. The lowest BCUT2D eigenvalue weighted by Gasteiger charge is -2.53. The molecular weight excluding hydrogens is 1040 g/mol. The van der Waals surface area contributed by atoms with E-state index < -0.39 is 152 Å². The number of aliphatic hydroxyl groups excluding tert-OH is 7. The van der Waals surface area contributed by atoms with Gasteiger partial charge in [0.15, 0.2) is 5.79 Å². The molecule has 0 aromatic carbocycles. The fourth-order valence-corrected chi connectivity index (χ4v) is 16.2. The highest BCUT2D eigenvalue weighted by atomic mass is 16.7. The van der Waals surface area contributed by atoms with Crippen LogP contribution in [0.5, 0.6) is 0 Å². The van der Waals surface area contributed by atoms with Gasteiger partial charge in [0.2, 0.25) is 0 Å². The molecule has 34 atom stereocenters. The SMILES string of the molecule is CC1CC2OC3C(CC2OC2CC4OC5CC=CCC6OC7C=CC8OC9C(CC8OC7C=CC6OC5CC(O)C4(C)OC2C1)OC1CC(O)CC(/C=C\C(O)CO)OC1C9O)OC1C(C)C(C)C2(CC(O)CO2)OC1C(O)C3C. The first kappa shape index (κ1) is 57.2. The van der Waals surface area contributed by atoms with Gasteiger partial charge >= 0.3 is 0 Å². The third-order valence-corrected chi connectivity index (χ3v) is 20.9. The molecule has 7 N–H and O–H groups in total. The van der Waals surface area contributed by atoms with Crippen molar-refractivity contribution in [2.24, 2.45) is 23.7 Å². The van der Waals surface area contributed by atoms with Crippen molar-refractivity contribution in [1.82, 2.24) is 0 Å². The summed E-state index contributed by atoms with van der Waals surface area (Å²) in [4.78, 5) is 0. The molecule has 0 aliphatic carbocycles. The Morgan fingerprint density at radius 1 is 0.512 bits per heavy atom. The van der Waals surface area contributed by atoms with E-state index in [0.717, 1.165) is 6.42 Å². The molecule has 13 aliphatic heterocycles. The van der Waals surface area contributed by atoms with Crippen LogP contribution in [0, 0.1) is 23.7 Å². The summed E-state index contributed by atoms with van der Waals surface area (Å²) >= 11 is 0. The predicted octanol–water partition coefficient (Wildman–Crippen LogP) is 2.16. The highest BCUT2D eigenvalue weighted by molar-refractivity contribution is 5.17. The van der Waals surface area contributed by atoms with Crippen LogP contribution in [0.15, 0.2) is 48.6 Å². The van der Waals surface area contributed by atoms with Crippen molar-refractivity contribution in [3.05, 3.63) is 48.6 Å². The second kappa shape index (κ2) is 22.8. The van der Waals surface area contributed by atoms with Crippen molar-refractivity contribution in [2.45, 2.75) is 288 Å². The summed E-state index contributed by atoms with van der Waals surface area (Å²) in [5.74, 6) is -1.22. The van der Waals surface area contributed by atoms with Crippen LogP contribution in [-0.2, 0) is 61.6 Å². The predicted molar refractivity (Wildman–Crippen MR) is 281 cm³/mol. The van der Waals surface area contributed by atoms with Gasteiger partial charge in [-0.05, 0) is 44.4 Å². The second-order valence-electron chi connectivity index (χ2n) is 26.4. The van der Waals surface area contributed by atoms with Crippen molar-refractivity contribution in [2.75, 3.05) is 13.2 Å². The van der Waals surface area contributed by atoms with Crippen molar-refractivity contribution >= 4 is 0 Å². The van der Waals surface area contributed by atoms with Crippen LogP contribution in [0.2, 0.25) is 0 Å². The van der Waals surface area contributed by atoms with Crippen LogP contribution in [0.25, 0.3) is 0 Å². The van der Waals surface area contributed by atoms with Crippen molar-refractivity contribution in [3.63, 3.8) is 0 Å². The third kappa shape index (κ3) is 10.6. The molecule has 20 heteroatoms. The normalized spacial score (nSPS) is 57.0. The Balaban J connectivity index is 0.678. The third-order valence-electron chi connectivity index (χ3n) is 20.9. The Morgan fingerprint density at radius 3 is 1.89 bits per heavy atom. The summed E-state index contributed by atoms with van der Waals surface area (Å²) < 4.78 is 88.9. The zero-order valence-corrected chi connectivity index (χ0v) is 46.7. The summed E-state index contributed by atoms with van der Waals surface area (Å²) in [6, 6.07) is 0. The highest BCUT2D eigenvalue weighted by Gasteiger charge is 2.63. The van der Waals surface area contributed by atoms with Crippen molar-refractivity contribution < 1.29 is 97.3 Å². The number of ether oxygens (including phenoxy) is 13. The molecule has 1 spiro atoms. The van der Waals surface area contributed by atoms with E-state index in [1.165, 1.54) is 6.08 Å². The second-order valence-corrected chi connectivity index (χ2v) is 26.4. The summed E-state index contributed by atoms with van der Waals surface area (Å²) in [7, 11) is 0. The van der Waals surface area contributed by atoms with Gasteiger partial charge in [-0.2, -0.15) is 0 Å². The molecule has 0 radical (unpaired) electrons. The van der Waals surface area contributed by atoms with E-state index in [0.29, 0.717) is 44.9 Å². The van der Waals surface area contributed by atoms with E-state index in [1.807, 2.05) is 38.2 Å². The van der Waals surface area contributed by atoms with Crippen LogP contribution >= 0.6 is 0 Å². The van der Waals surface area contributed by atoms with Crippen LogP contribution in [0.1, 0.15) is 105 Å². The van der Waals surface area contributed by atoms with Gasteiger partial charge in [-0.15, -0.1) is 0 Å². The minimum atomic E-state index is -1.07. The quantitative estimate of drug-likeness (QED) is 0.200. The Morgan fingerprint density at radius 2 is 1.12 bits per heavy atom. The Kier molecular flexibility index (Phi) is 16.3. The molecule has 0 aromatic rings. The lowest BCUT2D eigenvalue weighted by atomic mass is 9.75. The molecule has 0 amide bonds. The molecule has 80 heavy (non-hydrogen) atoms. The monoisotopic (exact) mass is 1130 g/mol. The van der Waals surface area contributed by atoms with E-state index >= 15 is 0 Å². The van der Waals surface area contributed by atoms with Gasteiger partial charge in [0.25, 0.3) is 0 Å². The topological polar surface area (TPSA) is 262 Å². The zero-order chi connectivity index (χ0) is 55.5. The molecule has 0 aromatic heterocycles. The smallest absolute Gasteiger partial charge is 0.174 e. The standard InChI is InChI=1S/C60H88O20/c1-27-16-41-43(21-48-54(77-41)29(3)52(66)58-55(78-48)28(2)30(4)60(80-58)24-33(64)26-68-60)73-45-23-51-59(5,79-46(45)17-27)50(65)22-44-36(75-51)9-7-6-8-35-37(72-44)12-13-39-38(70-35)14-15-40-42(71-39)20-49-57(76-40)53(67)56-47(74-49)19-32(63)18-34(69-56)11-10-31(62)25-61/h6-7,10-15,27-58,61-67H,8-9,16-26H2,1-5H3/b7-6?,11-10-. The molecule has 13 aliphatic rings. The molecule has 0 saturated carbocycles. The van der Waals surface area contributed by atoms with Crippen LogP contribution in [-0.4, -0.2) is 231 Å². The molecule has 10 saturated heterocycles. The van der Waals surface area contributed by atoms with Crippen molar-refractivity contribution in [3.8, 4) is 0 Å². The minimum absolute atomic E-state index is 0.0365. The van der Waals surface area contributed by atoms with E-state index in [2.05, 4.69) is 32.9 Å². The molecular formula is C60H88O20. The van der Waals surface area contributed by atoms with Gasteiger partial charge in [-0.25, -0.2) is 0 Å². The molecule has 20 nitrogen and oxygen atoms in total. The van der Waals surface area contributed by atoms with Gasteiger partial charge < -0.3 is 97.3 Å². The summed E-state index contributed by atoms with van der Waals surface area (Å²) in [5, 5.41) is 76.9. The van der Waals surface area contributed by atoms with Gasteiger partial charge in [0.05, 0.1) is 135 Å². The Labute approximate surface area is 468 Å². The maximum absolute atomic E-state index is 12.4.